The predicted molar refractivity (Wildman–Crippen MR) is 77.5 cm³/mol. The molecule has 0 heterocycles. The van der Waals surface area contributed by atoms with Gasteiger partial charge in [0.2, 0.25) is 0 Å². The highest BCUT2D eigenvalue weighted by Crippen LogP contribution is 2.21. The van der Waals surface area contributed by atoms with Gasteiger partial charge in [0.15, 0.2) is 0 Å². The van der Waals surface area contributed by atoms with Gasteiger partial charge in [0, 0.05) is 11.8 Å². The molecule has 2 unspecified atom stereocenters. The van der Waals surface area contributed by atoms with Gasteiger partial charge >= 0.3 is 0 Å². The summed E-state index contributed by atoms with van der Waals surface area (Å²) in [5.74, 6) is 0.706. The summed E-state index contributed by atoms with van der Waals surface area (Å²) in [6, 6.07) is 10.3. The largest absolute Gasteiger partial charge is 0.299 e. The molecule has 0 N–H and O–H groups in total. The summed E-state index contributed by atoms with van der Waals surface area (Å²) >= 11 is 0. The second-order valence-corrected chi connectivity index (χ2v) is 4.83. The van der Waals surface area contributed by atoms with Crippen LogP contribution in [-0.4, -0.2) is 5.78 Å². The van der Waals surface area contributed by atoms with E-state index in [0.29, 0.717) is 5.78 Å². The Balaban J connectivity index is 2.70. The summed E-state index contributed by atoms with van der Waals surface area (Å²) in [4.78, 5) is 12.5. The van der Waals surface area contributed by atoms with Gasteiger partial charge in [-0.05, 0) is 31.2 Å². The first-order chi connectivity index (χ1) is 8.72. The lowest BCUT2D eigenvalue weighted by atomic mass is 9.83. The molecule has 2 atom stereocenters. The monoisotopic (exact) mass is 244 g/mol. The highest BCUT2D eigenvalue weighted by Gasteiger charge is 2.23. The molecule has 0 fully saturated rings. The summed E-state index contributed by atoms with van der Waals surface area (Å²) in [6.45, 7) is 7.94. The number of benzene rings is 1. The van der Waals surface area contributed by atoms with E-state index in [4.69, 9.17) is 0 Å². The summed E-state index contributed by atoms with van der Waals surface area (Å²) in [7, 11) is 0. The minimum absolute atomic E-state index is 0.149. The maximum atomic E-state index is 12.5. The van der Waals surface area contributed by atoms with Gasteiger partial charge in [-0.1, -0.05) is 50.3 Å². The van der Waals surface area contributed by atoms with Crippen LogP contribution in [0.25, 0.3) is 0 Å². The zero-order chi connectivity index (χ0) is 13.4. The van der Waals surface area contributed by atoms with Crippen molar-refractivity contribution in [3.63, 3.8) is 0 Å². The van der Waals surface area contributed by atoms with E-state index in [1.807, 2.05) is 24.3 Å². The van der Waals surface area contributed by atoms with Gasteiger partial charge in [-0.15, -0.1) is 6.58 Å². The van der Waals surface area contributed by atoms with Crippen LogP contribution < -0.4 is 0 Å². The van der Waals surface area contributed by atoms with Crippen molar-refractivity contribution in [1.29, 1.82) is 0 Å². The third kappa shape index (κ3) is 4.14. The Morgan fingerprint density at radius 1 is 1.17 bits per heavy atom. The van der Waals surface area contributed by atoms with Gasteiger partial charge in [-0.2, -0.15) is 0 Å². The van der Waals surface area contributed by atoms with Crippen molar-refractivity contribution in [2.45, 2.75) is 39.5 Å². The maximum absolute atomic E-state index is 12.5. The number of hydrogen-bond donors (Lipinski definition) is 0. The fraction of sp³-hybridized carbons (Fsp3) is 0.471. The van der Waals surface area contributed by atoms with Crippen LogP contribution in [0.15, 0.2) is 43.0 Å². The van der Waals surface area contributed by atoms with Crippen LogP contribution >= 0.6 is 0 Å². The lowest BCUT2D eigenvalue weighted by Gasteiger charge is -2.19. The van der Waals surface area contributed by atoms with Gasteiger partial charge in [-0.25, -0.2) is 0 Å². The number of allylic oxidation sites excluding steroid dienone is 1. The Labute approximate surface area is 111 Å². The minimum Gasteiger partial charge on any atom is -0.299 e. The van der Waals surface area contributed by atoms with Crippen molar-refractivity contribution < 1.29 is 4.79 Å². The topological polar surface area (TPSA) is 17.1 Å². The van der Waals surface area contributed by atoms with Crippen molar-refractivity contribution in [2.75, 3.05) is 0 Å². The molecular formula is C17H24O. The molecule has 0 radical (unpaired) electrons. The van der Waals surface area contributed by atoms with E-state index in [2.05, 4.69) is 32.6 Å². The average molecular weight is 244 g/mol. The van der Waals surface area contributed by atoms with Crippen LogP contribution in [0.2, 0.25) is 0 Å². The van der Waals surface area contributed by atoms with E-state index in [0.717, 1.165) is 25.7 Å². The van der Waals surface area contributed by atoms with Crippen LogP contribution in [0.3, 0.4) is 0 Å². The van der Waals surface area contributed by atoms with E-state index in [-0.39, 0.29) is 11.8 Å². The Morgan fingerprint density at radius 3 is 2.28 bits per heavy atom. The first kappa shape index (κ1) is 14.7. The van der Waals surface area contributed by atoms with Crippen LogP contribution in [-0.2, 0) is 11.2 Å². The van der Waals surface area contributed by atoms with E-state index in [9.17, 15) is 4.79 Å². The lowest BCUT2D eigenvalue weighted by molar-refractivity contribution is -0.126. The Hall–Kier alpha value is -1.37. The molecule has 0 spiro atoms. The molecule has 98 valence electrons. The zero-order valence-corrected chi connectivity index (χ0v) is 11.6. The summed E-state index contributed by atoms with van der Waals surface area (Å²) < 4.78 is 0. The van der Waals surface area contributed by atoms with Gasteiger partial charge in [0.1, 0.15) is 5.78 Å². The standard InChI is InChI=1S/C17H24O/c1-4-10-15(5-2)17(18)16(6-3)13-14-11-8-7-9-12-14/h4,7-9,11-12,15-16H,1,5-6,10,13H2,2-3H3. The molecule has 0 bridgehead atoms. The number of ketones is 1. The smallest absolute Gasteiger partial charge is 0.139 e. The number of carbonyl (C=O) groups excluding carboxylic acids is 1. The molecule has 0 saturated heterocycles. The second kappa shape index (κ2) is 7.86. The van der Waals surface area contributed by atoms with Gasteiger partial charge in [0.05, 0.1) is 0 Å². The summed E-state index contributed by atoms with van der Waals surface area (Å²) in [6.07, 6.45) is 5.36. The highest BCUT2D eigenvalue weighted by atomic mass is 16.1. The molecule has 0 aliphatic rings. The van der Waals surface area contributed by atoms with Crippen LogP contribution in [0.4, 0.5) is 0 Å². The number of rotatable bonds is 8. The summed E-state index contributed by atoms with van der Waals surface area (Å²) in [5, 5.41) is 0. The fourth-order valence-corrected chi connectivity index (χ4v) is 2.36. The summed E-state index contributed by atoms with van der Waals surface area (Å²) in [5.41, 5.74) is 1.26. The number of Topliss-reactive ketones (excluding diaryl/α,β-unsaturated/α-hetero) is 1. The fourth-order valence-electron chi connectivity index (χ4n) is 2.36. The molecular weight excluding hydrogens is 220 g/mol. The van der Waals surface area contributed by atoms with Crippen LogP contribution in [0.5, 0.6) is 0 Å². The third-order valence-corrected chi connectivity index (χ3v) is 3.57. The normalized spacial score (nSPS) is 13.9. The molecule has 1 rings (SSSR count). The van der Waals surface area contributed by atoms with Crippen LogP contribution in [0, 0.1) is 11.8 Å². The molecule has 0 saturated carbocycles. The van der Waals surface area contributed by atoms with E-state index >= 15 is 0 Å². The molecule has 0 aliphatic carbocycles. The number of carbonyl (C=O) groups is 1. The zero-order valence-electron chi connectivity index (χ0n) is 11.6. The SMILES string of the molecule is C=CCC(CC)C(=O)C(CC)Cc1ccccc1. The first-order valence-electron chi connectivity index (χ1n) is 6.91. The lowest BCUT2D eigenvalue weighted by Crippen LogP contribution is -2.24. The maximum Gasteiger partial charge on any atom is 0.139 e. The second-order valence-electron chi connectivity index (χ2n) is 4.83. The van der Waals surface area contributed by atoms with Crippen molar-refractivity contribution >= 4 is 5.78 Å². The first-order valence-corrected chi connectivity index (χ1v) is 6.91. The highest BCUT2D eigenvalue weighted by molar-refractivity contribution is 5.83. The minimum atomic E-state index is 0.149. The number of hydrogen-bond acceptors (Lipinski definition) is 1. The molecule has 1 heteroatoms. The van der Waals surface area contributed by atoms with Crippen molar-refractivity contribution in [2.24, 2.45) is 11.8 Å². The Kier molecular flexibility index (Phi) is 6.42. The predicted octanol–water partition coefficient (Wildman–Crippen LogP) is 4.43. The third-order valence-electron chi connectivity index (χ3n) is 3.57. The van der Waals surface area contributed by atoms with Gasteiger partial charge in [0.25, 0.3) is 0 Å². The van der Waals surface area contributed by atoms with Gasteiger partial charge < -0.3 is 0 Å². The molecule has 18 heavy (non-hydrogen) atoms. The van der Waals surface area contributed by atoms with Crippen molar-refractivity contribution in [1.82, 2.24) is 0 Å². The average Bonchev–Trinajstić information content (AvgIpc) is 2.42. The van der Waals surface area contributed by atoms with Crippen LogP contribution in [0.1, 0.15) is 38.7 Å². The Bertz CT molecular complexity index is 366. The molecule has 1 aromatic carbocycles. The van der Waals surface area contributed by atoms with Crippen molar-refractivity contribution in [3.05, 3.63) is 48.6 Å². The van der Waals surface area contributed by atoms with Crippen molar-refractivity contribution in [3.8, 4) is 0 Å². The molecule has 0 aliphatic heterocycles. The molecule has 0 aromatic heterocycles. The molecule has 0 amide bonds. The van der Waals surface area contributed by atoms with E-state index in [1.165, 1.54) is 5.56 Å². The van der Waals surface area contributed by atoms with Gasteiger partial charge in [-0.3, -0.25) is 4.79 Å². The molecule has 1 nitrogen and oxygen atoms in total. The quantitative estimate of drug-likeness (QED) is 0.618. The molecule has 1 aromatic rings. The van der Waals surface area contributed by atoms with E-state index < -0.39 is 0 Å². The van der Waals surface area contributed by atoms with E-state index in [1.54, 1.807) is 0 Å². The Morgan fingerprint density at radius 2 is 1.78 bits per heavy atom.